The number of nitrogens with zero attached hydrogens (tertiary/aromatic N) is 2. The van der Waals surface area contributed by atoms with Crippen LogP contribution in [0.15, 0.2) is 35.8 Å². The van der Waals surface area contributed by atoms with E-state index in [9.17, 15) is 0 Å². The summed E-state index contributed by atoms with van der Waals surface area (Å²) in [6.07, 6.45) is 1.71. The van der Waals surface area contributed by atoms with Crippen LogP contribution >= 0.6 is 22.9 Å². The summed E-state index contributed by atoms with van der Waals surface area (Å²) in [6.45, 7) is 7.51. The molecule has 0 aliphatic carbocycles. The fraction of sp³-hybridized carbons (Fsp3) is 0.263. The molecular formula is C19H20ClN3OS. The van der Waals surface area contributed by atoms with Gasteiger partial charge in [-0.25, -0.2) is 9.97 Å². The molecule has 0 saturated carbocycles. The Hall–Kier alpha value is -2.11. The lowest BCUT2D eigenvalue weighted by Crippen LogP contribution is -1.99. The second-order valence-corrected chi connectivity index (χ2v) is 6.99. The van der Waals surface area contributed by atoms with Crippen molar-refractivity contribution in [1.82, 2.24) is 9.97 Å². The second-order valence-electron chi connectivity index (χ2n) is 5.74. The van der Waals surface area contributed by atoms with Crippen LogP contribution < -0.4 is 10.1 Å². The molecule has 25 heavy (non-hydrogen) atoms. The van der Waals surface area contributed by atoms with Crippen molar-refractivity contribution in [3.05, 3.63) is 57.7 Å². The minimum Gasteiger partial charge on any atom is -0.494 e. The number of ether oxygens (including phenoxy) is 1. The number of aromatic nitrogens is 2. The Bertz CT molecular complexity index is 856. The second kappa shape index (κ2) is 7.85. The number of benzene rings is 1. The predicted molar refractivity (Wildman–Crippen MR) is 105 cm³/mol. The number of pyridine rings is 1. The first-order chi connectivity index (χ1) is 12.1. The zero-order valence-electron chi connectivity index (χ0n) is 14.5. The topological polar surface area (TPSA) is 47.0 Å². The summed E-state index contributed by atoms with van der Waals surface area (Å²) in [5, 5.41) is 6.81. The summed E-state index contributed by atoms with van der Waals surface area (Å²) < 4.78 is 5.61. The van der Waals surface area contributed by atoms with Gasteiger partial charge in [0.2, 0.25) is 0 Å². The van der Waals surface area contributed by atoms with Crippen LogP contribution in [-0.2, 0) is 6.54 Å². The first kappa shape index (κ1) is 17.7. The molecule has 4 nitrogen and oxygen atoms in total. The van der Waals surface area contributed by atoms with Crippen molar-refractivity contribution in [2.45, 2.75) is 27.3 Å². The molecule has 2 aromatic heterocycles. The molecule has 0 unspecified atom stereocenters. The zero-order chi connectivity index (χ0) is 17.8. The summed E-state index contributed by atoms with van der Waals surface area (Å²) in [4.78, 5) is 8.73. The molecule has 0 bridgehead atoms. The smallest absolute Gasteiger partial charge is 0.183 e. The van der Waals surface area contributed by atoms with Gasteiger partial charge in [-0.3, -0.25) is 0 Å². The van der Waals surface area contributed by atoms with Crippen molar-refractivity contribution < 1.29 is 4.74 Å². The largest absolute Gasteiger partial charge is 0.494 e. The van der Waals surface area contributed by atoms with Crippen LogP contribution in [0.1, 0.15) is 23.6 Å². The molecule has 130 valence electrons. The van der Waals surface area contributed by atoms with Crippen molar-refractivity contribution in [2.75, 3.05) is 11.9 Å². The van der Waals surface area contributed by atoms with E-state index in [1.165, 1.54) is 16.7 Å². The number of anilines is 1. The average molecular weight is 374 g/mol. The highest BCUT2D eigenvalue weighted by atomic mass is 35.5. The Morgan fingerprint density at radius 3 is 2.64 bits per heavy atom. The van der Waals surface area contributed by atoms with E-state index < -0.39 is 0 Å². The Morgan fingerprint density at radius 1 is 1.20 bits per heavy atom. The van der Waals surface area contributed by atoms with Crippen molar-refractivity contribution >= 4 is 28.1 Å². The molecule has 0 radical (unpaired) electrons. The maximum absolute atomic E-state index is 5.92. The van der Waals surface area contributed by atoms with Crippen molar-refractivity contribution in [2.24, 2.45) is 0 Å². The molecule has 0 fully saturated rings. The molecule has 3 aromatic rings. The molecule has 0 aliphatic heterocycles. The van der Waals surface area contributed by atoms with E-state index in [2.05, 4.69) is 41.7 Å². The van der Waals surface area contributed by atoms with E-state index in [-0.39, 0.29) is 0 Å². The number of rotatable bonds is 6. The van der Waals surface area contributed by atoms with Crippen LogP contribution in [-0.4, -0.2) is 16.6 Å². The third-order valence-corrected chi connectivity index (χ3v) is 4.82. The van der Waals surface area contributed by atoms with E-state index in [0.717, 1.165) is 22.1 Å². The van der Waals surface area contributed by atoms with Crippen LogP contribution in [0.4, 0.5) is 5.13 Å². The standard InChI is InChI=1S/C19H20ClN3OS/c1-4-24-15-7-12(2)18(13(3)8-15)16-11-25-19(23-16)22-10-14-5-6-21-17(20)9-14/h5-9,11H,4,10H2,1-3H3,(H,22,23). The summed E-state index contributed by atoms with van der Waals surface area (Å²) in [7, 11) is 0. The van der Waals surface area contributed by atoms with E-state index in [1.54, 1.807) is 17.5 Å². The summed E-state index contributed by atoms with van der Waals surface area (Å²) in [6, 6.07) is 7.92. The van der Waals surface area contributed by atoms with Gasteiger partial charge in [-0.05, 0) is 61.7 Å². The number of thiazole rings is 1. The fourth-order valence-electron chi connectivity index (χ4n) is 2.78. The minimum atomic E-state index is 0.500. The molecule has 1 aromatic carbocycles. The van der Waals surface area contributed by atoms with Crippen molar-refractivity contribution in [1.29, 1.82) is 0 Å². The van der Waals surface area contributed by atoms with Gasteiger partial charge >= 0.3 is 0 Å². The Balaban J connectivity index is 1.77. The highest BCUT2D eigenvalue weighted by molar-refractivity contribution is 7.14. The van der Waals surface area contributed by atoms with E-state index in [0.29, 0.717) is 18.3 Å². The van der Waals surface area contributed by atoms with Gasteiger partial charge in [0.1, 0.15) is 10.9 Å². The van der Waals surface area contributed by atoms with Crippen LogP contribution in [0.3, 0.4) is 0 Å². The van der Waals surface area contributed by atoms with Gasteiger partial charge in [0.25, 0.3) is 0 Å². The molecule has 0 saturated heterocycles. The quantitative estimate of drug-likeness (QED) is 0.580. The summed E-state index contributed by atoms with van der Waals surface area (Å²) >= 11 is 7.52. The van der Waals surface area contributed by atoms with Crippen LogP contribution in [0.25, 0.3) is 11.3 Å². The normalized spacial score (nSPS) is 10.7. The molecule has 6 heteroatoms. The highest BCUT2D eigenvalue weighted by Gasteiger charge is 2.12. The molecule has 0 amide bonds. The summed E-state index contributed by atoms with van der Waals surface area (Å²) in [5.74, 6) is 0.907. The summed E-state index contributed by atoms with van der Waals surface area (Å²) in [5.41, 5.74) is 5.56. The first-order valence-electron chi connectivity index (χ1n) is 8.11. The molecule has 0 atom stereocenters. The first-order valence-corrected chi connectivity index (χ1v) is 9.37. The molecule has 3 rings (SSSR count). The van der Waals surface area contributed by atoms with Gasteiger partial charge in [-0.1, -0.05) is 11.6 Å². The maximum atomic E-state index is 5.92. The van der Waals surface area contributed by atoms with E-state index >= 15 is 0 Å². The van der Waals surface area contributed by atoms with E-state index in [1.807, 2.05) is 19.1 Å². The Labute approximate surface area is 156 Å². The number of nitrogens with one attached hydrogen (secondary N) is 1. The number of hydrogen-bond acceptors (Lipinski definition) is 5. The molecular weight excluding hydrogens is 354 g/mol. The van der Waals surface area contributed by atoms with Crippen molar-refractivity contribution in [3.8, 4) is 17.0 Å². The maximum Gasteiger partial charge on any atom is 0.183 e. The molecule has 2 heterocycles. The minimum absolute atomic E-state index is 0.500. The monoisotopic (exact) mass is 373 g/mol. The van der Waals surface area contributed by atoms with Gasteiger partial charge in [-0.2, -0.15) is 0 Å². The highest BCUT2D eigenvalue weighted by Crippen LogP contribution is 2.33. The third kappa shape index (κ3) is 4.30. The van der Waals surface area contributed by atoms with Gasteiger partial charge in [0, 0.05) is 23.7 Å². The number of hydrogen-bond donors (Lipinski definition) is 1. The number of halogens is 1. The van der Waals surface area contributed by atoms with Gasteiger partial charge < -0.3 is 10.1 Å². The Morgan fingerprint density at radius 2 is 1.96 bits per heavy atom. The fourth-order valence-corrected chi connectivity index (χ4v) is 3.67. The zero-order valence-corrected chi connectivity index (χ0v) is 16.0. The lowest BCUT2D eigenvalue weighted by molar-refractivity contribution is 0.340. The Kier molecular flexibility index (Phi) is 5.56. The molecule has 1 N–H and O–H groups in total. The van der Waals surface area contributed by atoms with E-state index in [4.69, 9.17) is 21.3 Å². The lowest BCUT2D eigenvalue weighted by Gasteiger charge is -2.11. The van der Waals surface area contributed by atoms with Crippen LogP contribution in [0.5, 0.6) is 5.75 Å². The van der Waals surface area contributed by atoms with Crippen LogP contribution in [0.2, 0.25) is 5.15 Å². The van der Waals surface area contributed by atoms with Crippen molar-refractivity contribution in [3.63, 3.8) is 0 Å². The third-order valence-electron chi connectivity index (χ3n) is 3.81. The molecule has 0 spiro atoms. The number of aryl methyl sites for hydroxylation is 2. The SMILES string of the molecule is CCOc1cc(C)c(-c2csc(NCc3ccnc(Cl)c3)n2)c(C)c1. The van der Waals surface area contributed by atoms with Crippen LogP contribution in [0, 0.1) is 13.8 Å². The molecule has 0 aliphatic rings. The predicted octanol–water partition coefficient (Wildman–Crippen LogP) is 5.49. The van der Waals surface area contributed by atoms with Gasteiger partial charge in [-0.15, -0.1) is 11.3 Å². The van der Waals surface area contributed by atoms with Gasteiger partial charge in [0.15, 0.2) is 5.13 Å². The lowest BCUT2D eigenvalue weighted by atomic mass is 10.0. The van der Waals surface area contributed by atoms with Gasteiger partial charge in [0.05, 0.1) is 12.3 Å². The average Bonchev–Trinajstić information content (AvgIpc) is 3.01.